The summed E-state index contributed by atoms with van der Waals surface area (Å²) in [5.41, 5.74) is 7.57. The van der Waals surface area contributed by atoms with Gasteiger partial charge in [-0.2, -0.15) is 0 Å². The Morgan fingerprint density at radius 3 is 2.62 bits per heavy atom. The highest BCUT2D eigenvalue weighted by molar-refractivity contribution is 14.1. The van der Waals surface area contributed by atoms with E-state index in [0.717, 1.165) is 31.7 Å². The van der Waals surface area contributed by atoms with E-state index in [1.807, 2.05) is 9.47 Å². The summed E-state index contributed by atoms with van der Waals surface area (Å²) in [6.45, 7) is 9.22. The van der Waals surface area contributed by atoms with Crippen molar-refractivity contribution in [3.63, 3.8) is 0 Å². The normalized spacial score (nSPS) is 18.3. The molecule has 186 valence electrons. The van der Waals surface area contributed by atoms with Gasteiger partial charge < -0.3 is 25.3 Å². The number of piperidine rings is 1. The van der Waals surface area contributed by atoms with Crippen molar-refractivity contribution in [2.45, 2.75) is 70.2 Å². The topological polar surface area (TPSA) is 115 Å². The van der Waals surface area contributed by atoms with Crippen LogP contribution in [-0.2, 0) is 16.3 Å². The number of carbonyl (C=O) groups is 2. The van der Waals surface area contributed by atoms with Crippen LogP contribution in [0.4, 0.5) is 0 Å². The molecule has 4 rings (SSSR count). The van der Waals surface area contributed by atoms with E-state index in [9.17, 15) is 9.59 Å². The summed E-state index contributed by atoms with van der Waals surface area (Å²) in [5.74, 6) is -0.0977. The predicted octanol–water partition coefficient (Wildman–Crippen LogP) is 2.81. The molecule has 2 amide bonds. The van der Waals surface area contributed by atoms with Crippen LogP contribution in [-0.4, -0.2) is 71.1 Å². The van der Waals surface area contributed by atoms with Gasteiger partial charge in [0.25, 0.3) is 5.91 Å². The van der Waals surface area contributed by atoms with Gasteiger partial charge in [0.2, 0.25) is 5.91 Å². The molecular formula is C23H35IN6O3Si. The average Bonchev–Trinajstić information content (AvgIpc) is 3.56. The van der Waals surface area contributed by atoms with Crippen LogP contribution in [0, 0.1) is 9.62 Å². The van der Waals surface area contributed by atoms with Crippen molar-refractivity contribution in [2.24, 2.45) is 11.7 Å². The highest BCUT2D eigenvalue weighted by Crippen LogP contribution is 2.34. The van der Waals surface area contributed by atoms with Gasteiger partial charge in [0.15, 0.2) is 5.65 Å². The molecule has 2 aromatic heterocycles. The molecule has 34 heavy (non-hydrogen) atoms. The summed E-state index contributed by atoms with van der Waals surface area (Å²) in [7, 11) is -1.19. The SMILES string of the molecule is C[Si](C)(C)CCOCn1cc(C(=O)N[C@@H](C(=O)N2CCC(N)CC2)C2CC2)c2nc(I)cnc21. The summed E-state index contributed by atoms with van der Waals surface area (Å²) in [4.78, 5) is 37.6. The van der Waals surface area contributed by atoms with E-state index < -0.39 is 14.1 Å². The molecule has 3 heterocycles. The van der Waals surface area contributed by atoms with Gasteiger partial charge in [0.05, 0.1) is 11.8 Å². The minimum absolute atomic E-state index is 0.00170. The van der Waals surface area contributed by atoms with Gasteiger partial charge in [-0.1, -0.05) is 19.6 Å². The maximum atomic E-state index is 13.4. The molecule has 3 N–H and O–H groups in total. The molecule has 1 aliphatic heterocycles. The summed E-state index contributed by atoms with van der Waals surface area (Å²) < 4.78 is 8.44. The minimum atomic E-state index is -1.19. The Morgan fingerprint density at radius 1 is 1.26 bits per heavy atom. The van der Waals surface area contributed by atoms with Crippen molar-refractivity contribution in [3.8, 4) is 0 Å². The number of hydrogen-bond donors (Lipinski definition) is 2. The van der Waals surface area contributed by atoms with E-state index >= 15 is 0 Å². The Labute approximate surface area is 215 Å². The maximum Gasteiger partial charge on any atom is 0.255 e. The Bertz CT molecular complexity index is 1040. The van der Waals surface area contributed by atoms with Crippen molar-refractivity contribution < 1.29 is 14.3 Å². The quantitative estimate of drug-likeness (QED) is 0.261. The number of halogens is 1. The molecule has 1 saturated heterocycles. The van der Waals surface area contributed by atoms with Crippen molar-refractivity contribution in [3.05, 3.63) is 21.7 Å². The fourth-order valence-electron chi connectivity index (χ4n) is 4.18. The minimum Gasteiger partial charge on any atom is -0.361 e. The monoisotopic (exact) mass is 598 g/mol. The second kappa shape index (κ2) is 10.6. The Hall–Kier alpha value is -1.57. The van der Waals surface area contributed by atoms with Crippen LogP contribution in [0.2, 0.25) is 25.7 Å². The number of nitrogens with two attached hydrogens (primary N) is 1. The number of likely N-dealkylation sites (tertiary alicyclic amines) is 1. The molecule has 2 aromatic rings. The second-order valence-corrected chi connectivity index (χ2v) is 17.4. The number of amides is 2. The molecule has 11 heteroatoms. The lowest BCUT2D eigenvalue weighted by atomic mass is 10.0. The largest absolute Gasteiger partial charge is 0.361 e. The van der Waals surface area contributed by atoms with Crippen LogP contribution in [0.5, 0.6) is 0 Å². The third kappa shape index (κ3) is 6.35. The van der Waals surface area contributed by atoms with E-state index in [1.165, 1.54) is 0 Å². The van der Waals surface area contributed by atoms with Crippen LogP contribution in [0.1, 0.15) is 36.0 Å². The number of ether oxygens (including phenoxy) is 1. The first-order valence-corrected chi connectivity index (χ1v) is 16.9. The lowest BCUT2D eigenvalue weighted by molar-refractivity contribution is -0.134. The Balaban J connectivity index is 1.50. The highest BCUT2D eigenvalue weighted by atomic mass is 127. The zero-order valence-electron chi connectivity index (χ0n) is 20.2. The number of rotatable bonds is 9. The van der Waals surface area contributed by atoms with E-state index in [-0.39, 0.29) is 23.8 Å². The van der Waals surface area contributed by atoms with Gasteiger partial charge in [-0.3, -0.25) is 9.59 Å². The highest BCUT2D eigenvalue weighted by Gasteiger charge is 2.40. The number of carbonyl (C=O) groups excluding carboxylic acids is 2. The smallest absolute Gasteiger partial charge is 0.255 e. The molecule has 1 aliphatic carbocycles. The van der Waals surface area contributed by atoms with Crippen LogP contribution < -0.4 is 11.1 Å². The molecule has 0 bridgehead atoms. The summed E-state index contributed by atoms with van der Waals surface area (Å²) in [6, 6.07) is 0.706. The molecule has 0 aromatic carbocycles. The number of nitrogens with one attached hydrogen (secondary N) is 1. The number of nitrogens with zero attached hydrogens (tertiary/aromatic N) is 4. The number of aromatic nitrogens is 3. The zero-order valence-corrected chi connectivity index (χ0v) is 23.4. The van der Waals surface area contributed by atoms with E-state index in [4.69, 9.17) is 10.5 Å². The van der Waals surface area contributed by atoms with Crippen LogP contribution in [0.3, 0.4) is 0 Å². The lowest BCUT2D eigenvalue weighted by Gasteiger charge is -2.33. The molecular weight excluding hydrogens is 563 g/mol. The van der Waals surface area contributed by atoms with Gasteiger partial charge in [0, 0.05) is 40.0 Å². The first-order chi connectivity index (χ1) is 16.1. The standard InChI is InChI=1S/C23H35IN6O3Si/c1-34(2,3)11-10-33-14-30-13-17(20-21(30)26-12-18(24)27-20)22(31)28-19(15-4-5-15)23(32)29-8-6-16(25)7-9-29/h12-13,15-16,19H,4-11,14,25H2,1-3H3,(H,28,31)/t19-/m1/s1. The summed E-state index contributed by atoms with van der Waals surface area (Å²) >= 11 is 2.10. The first kappa shape index (κ1) is 25.5. The molecule has 1 saturated carbocycles. The average molecular weight is 599 g/mol. The third-order valence-electron chi connectivity index (χ3n) is 6.50. The Kier molecular flexibility index (Phi) is 7.94. The lowest BCUT2D eigenvalue weighted by Crippen LogP contribution is -2.53. The Morgan fingerprint density at radius 2 is 1.97 bits per heavy atom. The van der Waals surface area contributed by atoms with Gasteiger partial charge >= 0.3 is 0 Å². The van der Waals surface area contributed by atoms with Crippen molar-refractivity contribution in [2.75, 3.05) is 19.7 Å². The van der Waals surface area contributed by atoms with Crippen LogP contribution in [0.25, 0.3) is 11.2 Å². The maximum absolute atomic E-state index is 13.4. The molecule has 2 aliphatic rings. The van der Waals surface area contributed by atoms with Crippen molar-refractivity contribution in [1.82, 2.24) is 24.8 Å². The number of fused-ring (bicyclic) bond motifs is 1. The van der Waals surface area contributed by atoms with Gasteiger partial charge in [-0.05, 0) is 60.2 Å². The zero-order chi connectivity index (χ0) is 24.5. The van der Waals surface area contributed by atoms with E-state index in [0.29, 0.717) is 46.9 Å². The first-order valence-electron chi connectivity index (χ1n) is 12.1. The van der Waals surface area contributed by atoms with E-state index in [1.54, 1.807) is 12.4 Å². The fraction of sp³-hybridized carbons (Fsp3) is 0.652. The molecule has 9 nitrogen and oxygen atoms in total. The van der Waals surface area contributed by atoms with Crippen LogP contribution >= 0.6 is 22.6 Å². The van der Waals surface area contributed by atoms with Crippen LogP contribution in [0.15, 0.2) is 12.4 Å². The molecule has 0 unspecified atom stereocenters. The summed E-state index contributed by atoms with van der Waals surface area (Å²) in [5, 5.41) is 3.04. The van der Waals surface area contributed by atoms with E-state index in [2.05, 4.69) is 57.5 Å². The molecule has 2 fully saturated rings. The molecule has 0 radical (unpaired) electrons. The van der Waals surface area contributed by atoms with Gasteiger partial charge in [-0.15, -0.1) is 0 Å². The fourth-order valence-corrected chi connectivity index (χ4v) is 5.32. The van der Waals surface area contributed by atoms with Crippen molar-refractivity contribution in [1.29, 1.82) is 0 Å². The molecule has 1 atom stereocenters. The number of hydrogen-bond acceptors (Lipinski definition) is 6. The van der Waals surface area contributed by atoms with Crippen molar-refractivity contribution >= 4 is 53.6 Å². The second-order valence-electron chi connectivity index (χ2n) is 10.7. The summed E-state index contributed by atoms with van der Waals surface area (Å²) in [6.07, 6.45) is 6.94. The van der Waals surface area contributed by atoms with Gasteiger partial charge in [-0.25, -0.2) is 9.97 Å². The predicted molar refractivity (Wildman–Crippen MR) is 142 cm³/mol. The molecule has 0 spiro atoms. The van der Waals surface area contributed by atoms with Gasteiger partial charge in [0.1, 0.15) is 22.0 Å². The third-order valence-corrected chi connectivity index (χ3v) is 8.73.